The Kier molecular flexibility index (Phi) is 5.28. The van der Waals surface area contributed by atoms with Crippen molar-refractivity contribution in [1.82, 2.24) is 4.31 Å². The minimum absolute atomic E-state index is 0.0405. The van der Waals surface area contributed by atoms with Crippen molar-refractivity contribution < 1.29 is 8.42 Å². The average molecular weight is 316 g/mol. The Bertz CT molecular complexity index is 463. The zero-order valence-corrected chi connectivity index (χ0v) is 13.0. The number of nitrogens with zero attached hydrogens (tertiary/aromatic N) is 1. The van der Waals surface area contributed by atoms with Gasteiger partial charge in [-0.15, -0.1) is 22.9 Å². The number of thiophene rings is 1. The van der Waals surface area contributed by atoms with Crippen molar-refractivity contribution in [3.8, 4) is 0 Å². The van der Waals surface area contributed by atoms with E-state index in [0.717, 1.165) is 16.9 Å². The van der Waals surface area contributed by atoms with Crippen LogP contribution in [0.3, 0.4) is 0 Å². The third kappa shape index (κ3) is 3.83. The Labute approximate surface area is 116 Å². The fraction of sp³-hybridized carbons (Fsp3) is 0.600. The number of sulfonamides is 1. The molecule has 1 rings (SSSR count). The van der Waals surface area contributed by atoms with Gasteiger partial charge in [0.2, 0.25) is 0 Å². The summed E-state index contributed by atoms with van der Waals surface area (Å²) >= 11 is 12.8. The molecule has 0 saturated heterocycles. The van der Waals surface area contributed by atoms with E-state index in [1.807, 2.05) is 6.92 Å². The van der Waals surface area contributed by atoms with Crippen LogP contribution in [0, 0.1) is 6.92 Å². The van der Waals surface area contributed by atoms with E-state index in [1.165, 1.54) is 4.31 Å². The molecule has 0 radical (unpaired) electrons. The lowest BCUT2D eigenvalue weighted by molar-refractivity contribution is 0.462. The molecule has 0 N–H and O–H groups in total. The lowest BCUT2D eigenvalue weighted by Crippen LogP contribution is -2.28. The van der Waals surface area contributed by atoms with Gasteiger partial charge in [0.05, 0.1) is 4.34 Å². The Morgan fingerprint density at radius 2 is 2.12 bits per heavy atom. The maximum absolute atomic E-state index is 12.1. The largest absolute Gasteiger partial charge is 0.252 e. The van der Waals surface area contributed by atoms with E-state index in [1.54, 1.807) is 20.0 Å². The zero-order chi connectivity index (χ0) is 13.2. The first-order chi connectivity index (χ1) is 7.75. The zero-order valence-electron chi connectivity index (χ0n) is 9.91. The standard InChI is InChI=1S/C10H15Cl2NO2S2/c1-7-6-9(16-10(7)12)17(14,15)13(3)5-4-8(2)11/h6,8H,4-5H2,1-3H3. The molecule has 17 heavy (non-hydrogen) atoms. The molecule has 0 spiro atoms. The SMILES string of the molecule is Cc1cc(S(=O)(=O)N(C)CCC(C)Cl)sc1Cl. The van der Waals surface area contributed by atoms with Crippen molar-refractivity contribution in [1.29, 1.82) is 0 Å². The van der Waals surface area contributed by atoms with E-state index in [-0.39, 0.29) is 9.59 Å². The minimum atomic E-state index is -3.43. The second-order valence-electron chi connectivity index (χ2n) is 3.92. The summed E-state index contributed by atoms with van der Waals surface area (Å²) in [6, 6.07) is 1.60. The molecule has 3 nitrogen and oxygen atoms in total. The Morgan fingerprint density at radius 3 is 2.53 bits per heavy atom. The lowest BCUT2D eigenvalue weighted by atomic mass is 10.3. The Balaban J connectivity index is 2.87. The summed E-state index contributed by atoms with van der Waals surface area (Å²) in [6.07, 6.45) is 0.620. The van der Waals surface area contributed by atoms with Crippen LogP contribution >= 0.6 is 34.5 Å². The molecular formula is C10H15Cl2NO2S2. The van der Waals surface area contributed by atoms with Crippen molar-refractivity contribution in [3.05, 3.63) is 16.0 Å². The average Bonchev–Trinajstić information content (AvgIpc) is 2.56. The highest BCUT2D eigenvalue weighted by molar-refractivity contribution is 7.91. The van der Waals surface area contributed by atoms with E-state index < -0.39 is 10.0 Å². The van der Waals surface area contributed by atoms with Gasteiger partial charge >= 0.3 is 0 Å². The van der Waals surface area contributed by atoms with Crippen LogP contribution in [0.5, 0.6) is 0 Å². The van der Waals surface area contributed by atoms with Crippen LogP contribution in [0.2, 0.25) is 4.34 Å². The molecule has 98 valence electrons. The second kappa shape index (κ2) is 5.89. The minimum Gasteiger partial charge on any atom is -0.206 e. The molecule has 1 unspecified atom stereocenters. The lowest BCUT2D eigenvalue weighted by Gasteiger charge is -2.16. The summed E-state index contributed by atoms with van der Waals surface area (Å²) in [4.78, 5) is 0. The third-order valence-electron chi connectivity index (χ3n) is 2.34. The summed E-state index contributed by atoms with van der Waals surface area (Å²) in [5.74, 6) is 0. The van der Waals surface area contributed by atoms with Gasteiger partial charge in [-0.05, 0) is 31.9 Å². The van der Waals surface area contributed by atoms with Crippen LogP contribution in [0.4, 0.5) is 0 Å². The molecule has 1 heterocycles. The van der Waals surface area contributed by atoms with Crippen molar-refractivity contribution in [2.75, 3.05) is 13.6 Å². The molecule has 0 aliphatic carbocycles. The van der Waals surface area contributed by atoms with Crippen LogP contribution in [0.25, 0.3) is 0 Å². The quantitative estimate of drug-likeness (QED) is 0.781. The highest BCUT2D eigenvalue weighted by atomic mass is 35.5. The number of alkyl halides is 1. The summed E-state index contributed by atoms with van der Waals surface area (Å²) < 4.78 is 26.4. The van der Waals surface area contributed by atoms with Crippen molar-refractivity contribution in [2.24, 2.45) is 0 Å². The number of rotatable bonds is 5. The number of halogens is 2. The van der Waals surface area contributed by atoms with Gasteiger partial charge in [0.1, 0.15) is 4.21 Å². The fourth-order valence-corrected chi connectivity index (χ4v) is 4.39. The van der Waals surface area contributed by atoms with E-state index in [9.17, 15) is 8.42 Å². The van der Waals surface area contributed by atoms with Gasteiger partial charge in [-0.2, -0.15) is 0 Å². The van der Waals surface area contributed by atoms with Crippen LogP contribution in [-0.2, 0) is 10.0 Å². The third-order valence-corrected chi connectivity index (χ3v) is 6.42. The molecule has 0 amide bonds. The summed E-state index contributed by atoms with van der Waals surface area (Å²) in [5, 5.41) is -0.0405. The van der Waals surface area contributed by atoms with E-state index in [4.69, 9.17) is 23.2 Å². The Hall–Kier alpha value is 0.190. The monoisotopic (exact) mass is 315 g/mol. The molecular weight excluding hydrogens is 301 g/mol. The maximum atomic E-state index is 12.1. The van der Waals surface area contributed by atoms with Gasteiger partial charge in [-0.3, -0.25) is 0 Å². The van der Waals surface area contributed by atoms with Gasteiger partial charge < -0.3 is 0 Å². The van der Waals surface area contributed by atoms with E-state index in [0.29, 0.717) is 17.3 Å². The summed E-state index contributed by atoms with van der Waals surface area (Å²) in [6.45, 7) is 4.04. The molecule has 1 aromatic rings. The molecule has 0 aliphatic rings. The fourth-order valence-electron chi connectivity index (χ4n) is 1.19. The molecule has 1 atom stereocenters. The first-order valence-electron chi connectivity index (χ1n) is 5.11. The first-order valence-corrected chi connectivity index (χ1v) is 8.18. The highest BCUT2D eigenvalue weighted by Crippen LogP contribution is 2.31. The maximum Gasteiger partial charge on any atom is 0.252 e. The highest BCUT2D eigenvalue weighted by Gasteiger charge is 2.23. The van der Waals surface area contributed by atoms with Crippen LogP contribution in [0.1, 0.15) is 18.9 Å². The molecule has 0 aromatic carbocycles. The smallest absolute Gasteiger partial charge is 0.206 e. The van der Waals surface area contributed by atoms with E-state index in [2.05, 4.69) is 0 Å². The molecule has 0 aliphatic heterocycles. The van der Waals surface area contributed by atoms with Crippen molar-refractivity contribution in [3.63, 3.8) is 0 Å². The van der Waals surface area contributed by atoms with Crippen molar-refractivity contribution >= 4 is 44.6 Å². The molecule has 7 heteroatoms. The van der Waals surface area contributed by atoms with Crippen molar-refractivity contribution in [2.45, 2.75) is 29.9 Å². The van der Waals surface area contributed by atoms with E-state index >= 15 is 0 Å². The van der Waals surface area contributed by atoms with Crippen LogP contribution < -0.4 is 0 Å². The van der Waals surface area contributed by atoms with Gasteiger partial charge in [-0.25, -0.2) is 12.7 Å². The topological polar surface area (TPSA) is 37.4 Å². The molecule has 0 saturated carbocycles. The van der Waals surface area contributed by atoms with Crippen LogP contribution in [-0.4, -0.2) is 31.7 Å². The first kappa shape index (κ1) is 15.2. The molecule has 0 fully saturated rings. The van der Waals surface area contributed by atoms with Gasteiger partial charge in [0.15, 0.2) is 0 Å². The molecule has 1 aromatic heterocycles. The Morgan fingerprint density at radius 1 is 1.53 bits per heavy atom. The number of hydrogen-bond acceptors (Lipinski definition) is 3. The summed E-state index contributed by atoms with van der Waals surface area (Å²) in [5.41, 5.74) is 0.786. The number of hydrogen-bond donors (Lipinski definition) is 0. The molecule has 0 bridgehead atoms. The predicted octanol–water partition coefficient (Wildman–Crippen LogP) is 3.35. The predicted molar refractivity (Wildman–Crippen MR) is 73.8 cm³/mol. The normalized spacial score (nSPS) is 14.2. The second-order valence-corrected chi connectivity index (χ2v) is 8.59. The van der Waals surface area contributed by atoms with Gasteiger partial charge in [-0.1, -0.05) is 11.6 Å². The van der Waals surface area contributed by atoms with Crippen LogP contribution in [0.15, 0.2) is 10.3 Å². The number of aryl methyl sites for hydroxylation is 1. The van der Waals surface area contributed by atoms with Gasteiger partial charge in [0, 0.05) is 19.0 Å². The summed E-state index contributed by atoms with van der Waals surface area (Å²) in [7, 11) is -1.87. The van der Waals surface area contributed by atoms with Gasteiger partial charge in [0.25, 0.3) is 10.0 Å².